The van der Waals surface area contributed by atoms with E-state index in [-0.39, 0.29) is 17.1 Å². The Bertz CT molecular complexity index is 808. The van der Waals surface area contributed by atoms with Crippen molar-refractivity contribution >= 4 is 5.91 Å². The van der Waals surface area contributed by atoms with Gasteiger partial charge in [0, 0.05) is 45.5 Å². The summed E-state index contributed by atoms with van der Waals surface area (Å²) in [6.07, 6.45) is 3.64. The van der Waals surface area contributed by atoms with Gasteiger partial charge in [0.25, 0.3) is 5.91 Å². The minimum Gasteiger partial charge on any atom is -0.381 e. The Morgan fingerprint density at radius 2 is 1.92 bits per heavy atom. The normalized spacial score (nSPS) is 19.2. The fraction of sp³-hybridized carbons (Fsp3) is 0.476. The highest BCUT2D eigenvalue weighted by Gasteiger charge is 2.41. The van der Waals surface area contributed by atoms with Gasteiger partial charge in [-0.25, -0.2) is 4.39 Å². The molecule has 4 rings (SSSR count). The van der Waals surface area contributed by atoms with E-state index in [0.29, 0.717) is 17.7 Å². The lowest BCUT2D eigenvalue weighted by Gasteiger charge is -2.33. The van der Waals surface area contributed by atoms with Crippen LogP contribution in [0.5, 0.6) is 0 Å². The summed E-state index contributed by atoms with van der Waals surface area (Å²) >= 11 is 0. The smallest absolute Gasteiger partial charge is 0.270 e. The third kappa shape index (κ3) is 3.16. The number of aromatic nitrogens is 1. The van der Waals surface area contributed by atoms with Gasteiger partial charge in [0.05, 0.1) is 0 Å². The summed E-state index contributed by atoms with van der Waals surface area (Å²) in [6.45, 7) is 3.24. The van der Waals surface area contributed by atoms with E-state index in [4.69, 9.17) is 4.74 Å². The number of ether oxygens (including phenoxy) is 1. The SMILES string of the molecule is Cn1c(Cc2ccccc2F)ccc1C(=O)N1CCC2(CCOCC2)C1. The van der Waals surface area contributed by atoms with E-state index in [9.17, 15) is 9.18 Å². The molecule has 0 atom stereocenters. The number of likely N-dealkylation sites (tertiary alicyclic amines) is 1. The van der Waals surface area contributed by atoms with Gasteiger partial charge in [-0.3, -0.25) is 4.79 Å². The van der Waals surface area contributed by atoms with Crippen molar-refractivity contribution in [3.63, 3.8) is 0 Å². The molecule has 1 aromatic heterocycles. The van der Waals surface area contributed by atoms with Crippen LogP contribution < -0.4 is 0 Å². The van der Waals surface area contributed by atoms with Crippen LogP contribution in [-0.4, -0.2) is 41.7 Å². The number of hydrogen-bond donors (Lipinski definition) is 0. The van der Waals surface area contributed by atoms with Crippen LogP contribution in [0.15, 0.2) is 36.4 Å². The molecule has 2 aromatic rings. The average Bonchev–Trinajstić information content (AvgIpc) is 3.22. The fourth-order valence-corrected chi connectivity index (χ4v) is 4.27. The van der Waals surface area contributed by atoms with Crippen LogP contribution in [0.4, 0.5) is 4.39 Å². The van der Waals surface area contributed by atoms with E-state index in [1.165, 1.54) is 6.07 Å². The van der Waals surface area contributed by atoms with Crippen molar-refractivity contribution in [1.29, 1.82) is 0 Å². The number of benzene rings is 1. The predicted octanol–water partition coefficient (Wildman–Crippen LogP) is 3.40. The summed E-state index contributed by atoms with van der Waals surface area (Å²) in [5.74, 6) is -0.127. The quantitative estimate of drug-likeness (QED) is 0.845. The molecule has 26 heavy (non-hydrogen) atoms. The molecule has 2 aliphatic heterocycles. The van der Waals surface area contributed by atoms with Gasteiger partial charge in [-0.05, 0) is 48.4 Å². The molecule has 4 nitrogen and oxygen atoms in total. The average molecular weight is 356 g/mol. The summed E-state index contributed by atoms with van der Waals surface area (Å²) in [7, 11) is 1.89. The Balaban J connectivity index is 1.49. The van der Waals surface area contributed by atoms with E-state index in [0.717, 1.165) is 51.3 Å². The van der Waals surface area contributed by atoms with Gasteiger partial charge in [0.15, 0.2) is 0 Å². The summed E-state index contributed by atoms with van der Waals surface area (Å²) in [4.78, 5) is 15.0. The maximum Gasteiger partial charge on any atom is 0.270 e. The van der Waals surface area contributed by atoms with Gasteiger partial charge in [-0.1, -0.05) is 18.2 Å². The lowest BCUT2D eigenvalue weighted by Crippen LogP contribution is -2.36. The van der Waals surface area contributed by atoms with E-state index >= 15 is 0 Å². The van der Waals surface area contributed by atoms with Crippen molar-refractivity contribution in [2.75, 3.05) is 26.3 Å². The van der Waals surface area contributed by atoms with E-state index in [2.05, 4.69) is 0 Å². The van der Waals surface area contributed by atoms with E-state index in [1.54, 1.807) is 12.1 Å². The molecule has 0 bridgehead atoms. The molecule has 2 aliphatic rings. The van der Waals surface area contributed by atoms with Gasteiger partial charge >= 0.3 is 0 Å². The van der Waals surface area contributed by atoms with Crippen LogP contribution in [0.2, 0.25) is 0 Å². The minimum atomic E-state index is -0.206. The van der Waals surface area contributed by atoms with Crippen LogP contribution >= 0.6 is 0 Å². The van der Waals surface area contributed by atoms with Gasteiger partial charge in [0.1, 0.15) is 11.5 Å². The molecule has 2 fully saturated rings. The molecule has 5 heteroatoms. The Hall–Kier alpha value is -2.14. The molecule has 0 aliphatic carbocycles. The third-order valence-corrected chi connectivity index (χ3v) is 6.05. The molecule has 0 saturated carbocycles. The standard InChI is InChI=1S/C21H25FN2O2/c1-23-17(14-16-4-2-3-5-18(16)22)6-7-19(23)20(25)24-11-8-21(15-24)9-12-26-13-10-21/h2-7H,8-15H2,1H3. The summed E-state index contributed by atoms with van der Waals surface area (Å²) in [6, 6.07) is 10.6. The molecule has 1 amide bonds. The van der Waals surface area contributed by atoms with Gasteiger partial charge in [-0.15, -0.1) is 0 Å². The number of carbonyl (C=O) groups is 1. The highest BCUT2D eigenvalue weighted by molar-refractivity contribution is 5.93. The molecular weight excluding hydrogens is 331 g/mol. The fourth-order valence-electron chi connectivity index (χ4n) is 4.27. The van der Waals surface area contributed by atoms with Gasteiger partial charge in [0.2, 0.25) is 0 Å². The number of hydrogen-bond acceptors (Lipinski definition) is 2. The first-order valence-corrected chi connectivity index (χ1v) is 9.33. The van der Waals surface area contributed by atoms with Crippen molar-refractivity contribution in [2.24, 2.45) is 12.5 Å². The second-order valence-corrected chi connectivity index (χ2v) is 7.63. The Morgan fingerprint density at radius 3 is 2.69 bits per heavy atom. The van der Waals surface area contributed by atoms with Gasteiger partial charge in [-0.2, -0.15) is 0 Å². The first-order valence-electron chi connectivity index (χ1n) is 9.33. The second kappa shape index (κ2) is 6.88. The molecule has 3 heterocycles. The van der Waals surface area contributed by atoms with Crippen LogP contribution in [0.3, 0.4) is 0 Å². The topological polar surface area (TPSA) is 34.5 Å². The zero-order valence-electron chi connectivity index (χ0n) is 15.2. The summed E-state index contributed by atoms with van der Waals surface area (Å²) in [5.41, 5.74) is 2.52. The molecular formula is C21H25FN2O2. The maximum absolute atomic E-state index is 13.9. The number of amides is 1. The number of rotatable bonds is 3. The van der Waals surface area contributed by atoms with Crippen molar-refractivity contribution < 1.29 is 13.9 Å². The zero-order valence-corrected chi connectivity index (χ0v) is 15.2. The van der Waals surface area contributed by atoms with Crippen LogP contribution in [-0.2, 0) is 18.2 Å². The first kappa shape index (κ1) is 17.3. The highest BCUT2D eigenvalue weighted by Crippen LogP contribution is 2.40. The van der Waals surface area contributed by atoms with Crippen molar-refractivity contribution in [3.8, 4) is 0 Å². The third-order valence-electron chi connectivity index (χ3n) is 6.05. The second-order valence-electron chi connectivity index (χ2n) is 7.63. The van der Waals surface area contributed by atoms with Crippen LogP contribution in [0, 0.1) is 11.2 Å². The first-order chi connectivity index (χ1) is 12.6. The largest absolute Gasteiger partial charge is 0.381 e. The van der Waals surface area contributed by atoms with Crippen molar-refractivity contribution in [3.05, 3.63) is 59.2 Å². The molecule has 138 valence electrons. The lowest BCUT2D eigenvalue weighted by atomic mass is 9.80. The van der Waals surface area contributed by atoms with Crippen LogP contribution in [0.25, 0.3) is 0 Å². The number of carbonyl (C=O) groups excluding carboxylic acids is 1. The zero-order chi connectivity index (χ0) is 18.1. The molecule has 0 N–H and O–H groups in total. The lowest BCUT2D eigenvalue weighted by molar-refractivity contribution is 0.0190. The monoisotopic (exact) mass is 356 g/mol. The predicted molar refractivity (Wildman–Crippen MR) is 97.6 cm³/mol. The highest BCUT2D eigenvalue weighted by atomic mass is 19.1. The molecule has 1 spiro atoms. The molecule has 0 radical (unpaired) electrons. The van der Waals surface area contributed by atoms with E-state index in [1.807, 2.05) is 34.7 Å². The number of nitrogens with zero attached hydrogens (tertiary/aromatic N) is 2. The maximum atomic E-state index is 13.9. The van der Waals surface area contributed by atoms with Crippen molar-refractivity contribution in [1.82, 2.24) is 9.47 Å². The number of halogens is 1. The molecule has 2 saturated heterocycles. The minimum absolute atomic E-state index is 0.0793. The Morgan fingerprint density at radius 1 is 1.15 bits per heavy atom. The summed E-state index contributed by atoms with van der Waals surface area (Å²) < 4.78 is 21.3. The van der Waals surface area contributed by atoms with E-state index < -0.39 is 0 Å². The van der Waals surface area contributed by atoms with Gasteiger partial charge < -0.3 is 14.2 Å². The van der Waals surface area contributed by atoms with Crippen molar-refractivity contribution in [2.45, 2.75) is 25.7 Å². The Labute approximate surface area is 153 Å². The van der Waals surface area contributed by atoms with Crippen LogP contribution in [0.1, 0.15) is 41.0 Å². The summed E-state index contributed by atoms with van der Waals surface area (Å²) in [5, 5.41) is 0. The Kier molecular flexibility index (Phi) is 4.57. The molecule has 0 unspecified atom stereocenters. The molecule has 1 aromatic carbocycles.